The summed E-state index contributed by atoms with van der Waals surface area (Å²) in [5.74, 6) is 0.550. The van der Waals surface area contributed by atoms with Crippen LogP contribution in [0.3, 0.4) is 0 Å². The lowest BCUT2D eigenvalue weighted by Crippen LogP contribution is -2.40. The van der Waals surface area contributed by atoms with Crippen LogP contribution < -0.4 is 10.6 Å². The molecule has 0 radical (unpaired) electrons. The molecule has 122 valence electrons. The third-order valence-electron chi connectivity index (χ3n) is 3.97. The molecule has 2 amide bonds. The number of urea groups is 1. The number of anilines is 1. The average Bonchev–Trinajstić information content (AvgIpc) is 2.51. The predicted octanol–water partition coefficient (Wildman–Crippen LogP) is 4.24. The van der Waals surface area contributed by atoms with Gasteiger partial charge in [-0.15, -0.1) is 0 Å². The molecule has 0 unspecified atom stereocenters. The SMILES string of the molecule is CCCN1CCC(CNC(=O)Nc2cc(Cl)ccc2Cl)CC1. The molecule has 0 spiro atoms. The highest BCUT2D eigenvalue weighted by Gasteiger charge is 2.19. The zero-order valence-corrected chi connectivity index (χ0v) is 14.4. The van der Waals surface area contributed by atoms with Crippen molar-refractivity contribution in [3.8, 4) is 0 Å². The Bertz CT molecular complexity index is 502. The van der Waals surface area contributed by atoms with Gasteiger partial charge in [0.25, 0.3) is 0 Å². The molecular formula is C16H23Cl2N3O. The number of benzene rings is 1. The summed E-state index contributed by atoms with van der Waals surface area (Å²) in [4.78, 5) is 14.4. The second-order valence-electron chi connectivity index (χ2n) is 5.74. The third-order valence-corrected chi connectivity index (χ3v) is 4.54. The van der Waals surface area contributed by atoms with Gasteiger partial charge in [-0.05, 0) is 63.0 Å². The molecule has 1 fully saturated rings. The molecule has 1 aromatic carbocycles. The Balaban J connectivity index is 1.73. The van der Waals surface area contributed by atoms with Crippen molar-refractivity contribution >= 4 is 34.9 Å². The number of hydrogen-bond donors (Lipinski definition) is 2. The van der Waals surface area contributed by atoms with Crippen molar-refractivity contribution in [2.75, 3.05) is 31.5 Å². The topological polar surface area (TPSA) is 44.4 Å². The minimum atomic E-state index is -0.236. The van der Waals surface area contributed by atoms with Crippen LogP contribution in [0, 0.1) is 5.92 Å². The number of likely N-dealkylation sites (tertiary alicyclic amines) is 1. The van der Waals surface area contributed by atoms with Gasteiger partial charge < -0.3 is 15.5 Å². The van der Waals surface area contributed by atoms with Crippen LogP contribution in [0.1, 0.15) is 26.2 Å². The Morgan fingerprint density at radius 2 is 2.05 bits per heavy atom. The van der Waals surface area contributed by atoms with E-state index in [-0.39, 0.29) is 6.03 Å². The zero-order valence-electron chi connectivity index (χ0n) is 12.9. The molecular weight excluding hydrogens is 321 g/mol. The van der Waals surface area contributed by atoms with Crippen molar-refractivity contribution in [2.24, 2.45) is 5.92 Å². The average molecular weight is 344 g/mol. The first kappa shape index (κ1) is 17.4. The Morgan fingerprint density at radius 3 is 2.73 bits per heavy atom. The molecule has 2 N–H and O–H groups in total. The molecule has 1 aliphatic heterocycles. The highest BCUT2D eigenvalue weighted by molar-refractivity contribution is 6.35. The fourth-order valence-corrected chi connectivity index (χ4v) is 3.06. The summed E-state index contributed by atoms with van der Waals surface area (Å²) in [5, 5.41) is 6.69. The third kappa shape index (κ3) is 5.34. The number of nitrogens with zero attached hydrogens (tertiary/aromatic N) is 1. The zero-order chi connectivity index (χ0) is 15.9. The van der Waals surface area contributed by atoms with Gasteiger partial charge >= 0.3 is 6.03 Å². The lowest BCUT2D eigenvalue weighted by Gasteiger charge is -2.31. The largest absolute Gasteiger partial charge is 0.338 e. The second-order valence-corrected chi connectivity index (χ2v) is 6.59. The molecule has 0 saturated carbocycles. The molecule has 1 heterocycles. The lowest BCUT2D eigenvalue weighted by molar-refractivity contribution is 0.182. The van der Waals surface area contributed by atoms with Crippen molar-refractivity contribution in [2.45, 2.75) is 26.2 Å². The van der Waals surface area contributed by atoms with Gasteiger partial charge in [-0.2, -0.15) is 0 Å². The Kier molecular flexibility index (Phi) is 6.80. The molecule has 0 atom stereocenters. The van der Waals surface area contributed by atoms with Crippen molar-refractivity contribution in [1.82, 2.24) is 10.2 Å². The van der Waals surface area contributed by atoms with E-state index in [1.165, 1.54) is 13.0 Å². The minimum Gasteiger partial charge on any atom is -0.338 e. The maximum absolute atomic E-state index is 12.0. The number of carbonyl (C=O) groups is 1. The summed E-state index contributed by atoms with van der Waals surface area (Å²) in [6.45, 7) is 6.33. The summed E-state index contributed by atoms with van der Waals surface area (Å²) in [6, 6.07) is 4.77. The van der Waals surface area contributed by atoms with Gasteiger partial charge in [0.15, 0.2) is 0 Å². The van der Waals surface area contributed by atoms with E-state index in [1.54, 1.807) is 18.2 Å². The first-order valence-corrected chi connectivity index (χ1v) is 8.56. The van der Waals surface area contributed by atoms with E-state index >= 15 is 0 Å². The predicted molar refractivity (Wildman–Crippen MR) is 92.9 cm³/mol. The van der Waals surface area contributed by atoms with Crippen LogP contribution in [-0.2, 0) is 0 Å². The summed E-state index contributed by atoms with van der Waals surface area (Å²) < 4.78 is 0. The van der Waals surface area contributed by atoms with E-state index in [2.05, 4.69) is 22.5 Å². The minimum absolute atomic E-state index is 0.236. The van der Waals surface area contributed by atoms with Gasteiger partial charge in [0.2, 0.25) is 0 Å². The van der Waals surface area contributed by atoms with Crippen molar-refractivity contribution in [3.63, 3.8) is 0 Å². The maximum atomic E-state index is 12.0. The van der Waals surface area contributed by atoms with Crippen LogP contribution in [0.4, 0.5) is 10.5 Å². The number of piperidine rings is 1. The van der Waals surface area contributed by atoms with Gasteiger partial charge in [0.1, 0.15) is 0 Å². The highest BCUT2D eigenvalue weighted by Crippen LogP contribution is 2.25. The molecule has 1 saturated heterocycles. The van der Waals surface area contributed by atoms with Crippen LogP contribution in [0.2, 0.25) is 10.0 Å². The van der Waals surface area contributed by atoms with Crippen LogP contribution in [0.15, 0.2) is 18.2 Å². The number of halogens is 2. The molecule has 0 aromatic heterocycles. The molecule has 0 aliphatic carbocycles. The van der Waals surface area contributed by atoms with Gasteiger partial charge in [-0.3, -0.25) is 0 Å². The molecule has 0 bridgehead atoms. The summed E-state index contributed by atoms with van der Waals surface area (Å²) in [7, 11) is 0. The van der Waals surface area contributed by atoms with Gasteiger partial charge in [0.05, 0.1) is 10.7 Å². The van der Waals surface area contributed by atoms with E-state index in [0.29, 0.717) is 28.2 Å². The van der Waals surface area contributed by atoms with Gasteiger partial charge in [-0.1, -0.05) is 30.1 Å². The molecule has 6 heteroatoms. The van der Waals surface area contributed by atoms with Gasteiger partial charge in [0, 0.05) is 11.6 Å². The van der Waals surface area contributed by atoms with E-state index in [4.69, 9.17) is 23.2 Å². The van der Waals surface area contributed by atoms with Crippen molar-refractivity contribution < 1.29 is 4.79 Å². The highest BCUT2D eigenvalue weighted by atomic mass is 35.5. The number of carbonyl (C=O) groups excluding carboxylic acids is 1. The number of rotatable bonds is 5. The second kappa shape index (κ2) is 8.61. The molecule has 4 nitrogen and oxygen atoms in total. The van der Waals surface area contributed by atoms with E-state index in [9.17, 15) is 4.79 Å². The van der Waals surface area contributed by atoms with E-state index < -0.39 is 0 Å². The Morgan fingerprint density at radius 1 is 1.32 bits per heavy atom. The van der Waals surface area contributed by atoms with Crippen LogP contribution >= 0.6 is 23.2 Å². The first-order valence-electron chi connectivity index (χ1n) is 7.80. The monoisotopic (exact) mass is 343 g/mol. The Labute approximate surface area is 142 Å². The number of hydrogen-bond acceptors (Lipinski definition) is 2. The maximum Gasteiger partial charge on any atom is 0.319 e. The summed E-state index contributed by atoms with van der Waals surface area (Å²) in [6.07, 6.45) is 3.47. The van der Waals surface area contributed by atoms with Crippen LogP contribution in [0.25, 0.3) is 0 Å². The van der Waals surface area contributed by atoms with Gasteiger partial charge in [-0.25, -0.2) is 4.79 Å². The molecule has 1 aliphatic rings. The van der Waals surface area contributed by atoms with E-state index in [0.717, 1.165) is 25.9 Å². The van der Waals surface area contributed by atoms with Crippen LogP contribution in [0.5, 0.6) is 0 Å². The smallest absolute Gasteiger partial charge is 0.319 e. The van der Waals surface area contributed by atoms with E-state index in [1.807, 2.05) is 0 Å². The van der Waals surface area contributed by atoms with Crippen molar-refractivity contribution in [3.05, 3.63) is 28.2 Å². The van der Waals surface area contributed by atoms with Crippen LogP contribution in [-0.4, -0.2) is 37.1 Å². The normalized spacial score (nSPS) is 16.5. The lowest BCUT2D eigenvalue weighted by atomic mass is 9.97. The number of amides is 2. The molecule has 2 rings (SSSR count). The fraction of sp³-hybridized carbons (Fsp3) is 0.562. The van der Waals surface area contributed by atoms with Crippen molar-refractivity contribution in [1.29, 1.82) is 0 Å². The summed E-state index contributed by atoms with van der Waals surface area (Å²) in [5.41, 5.74) is 0.532. The first-order chi connectivity index (χ1) is 10.6. The Hall–Kier alpha value is -0.970. The molecule has 22 heavy (non-hydrogen) atoms. The molecule has 1 aromatic rings. The summed E-state index contributed by atoms with van der Waals surface area (Å²) >= 11 is 11.9. The fourth-order valence-electron chi connectivity index (χ4n) is 2.73. The number of nitrogens with one attached hydrogen (secondary N) is 2. The quantitative estimate of drug-likeness (QED) is 0.839. The standard InChI is InChI=1S/C16H23Cl2N3O/c1-2-7-21-8-5-12(6-9-21)11-19-16(22)20-15-10-13(17)3-4-14(15)18/h3-4,10,12H,2,5-9,11H2,1H3,(H2,19,20,22).